The van der Waals surface area contributed by atoms with Gasteiger partial charge < -0.3 is 9.84 Å². The predicted octanol–water partition coefficient (Wildman–Crippen LogP) is 0.789. The second kappa shape index (κ2) is 5.16. The molecule has 0 saturated carbocycles. The fourth-order valence-corrected chi connectivity index (χ4v) is 1.92. The number of carbonyl (C=O) groups excluding carboxylic acids is 1. The summed E-state index contributed by atoms with van der Waals surface area (Å²) in [4.78, 5) is 22.9. The van der Waals surface area contributed by atoms with Gasteiger partial charge in [-0.3, -0.25) is 0 Å². The van der Waals surface area contributed by atoms with Gasteiger partial charge in [0.15, 0.2) is 5.82 Å². The molecule has 106 valence electrons. The molecule has 20 heavy (non-hydrogen) atoms. The lowest BCUT2D eigenvalue weighted by molar-refractivity contribution is 0.0526. The smallest absolute Gasteiger partial charge is 0.341 e. The fourth-order valence-electron chi connectivity index (χ4n) is 1.92. The fraction of sp³-hybridized carbons (Fsp3) is 0.333. The van der Waals surface area contributed by atoms with Gasteiger partial charge in [0, 0.05) is 13.2 Å². The normalized spacial score (nSPS) is 10.6. The van der Waals surface area contributed by atoms with E-state index in [0.29, 0.717) is 5.69 Å². The van der Waals surface area contributed by atoms with Crippen LogP contribution in [0.2, 0.25) is 0 Å². The molecule has 0 aromatic carbocycles. The first-order valence-corrected chi connectivity index (χ1v) is 5.94. The SMILES string of the molecule is CCOC(=O)c1cnn(-c2c(C(=O)O)c(C)nn2C)c1. The summed E-state index contributed by atoms with van der Waals surface area (Å²) in [6, 6.07) is 0. The van der Waals surface area contributed by atoms with E-state index in [0.717, 1.165) is 0 Å². The van der Waals surface area contributed by atoms with Gasteiger partial charge in [0.05, 0.1) is 24.1 Å². The summed E-state index contributed by atoms with van der Waals surface area (Å²) >= 11 is 0. The average molecular weight is 278 g/mol. The summed E-state index contributed by atoms with van der Waals surface area (Å²) in [5.41, 5.74) is 0.677. The number of rotatable bonds is 4. The van der Waals surface area contributed by atoms with Gasteiger partial charge >= 0.3 is 11.9 Å². The first kappa shape index (κ1) is 13.8. The third-order valence-corrected chi connectivity index (χ3v) is 2.72. The highest BCUT2D eigenvalue weighted by molar-refractivity contribution is 5.93. The molecule has 8 nitrogen and oxygen atoms in total. The van der Waals surface area contributed by atoms with Crippen LogP contribution in [0.5, 0.6) is 0 Å². The Bertz CT molecular complexity index is 671. The Hall–Kier alpha value is -2.64. The van der Waals surface area contributed by atoms with Crippen LogP contribution >= 0.6 is 0 Å². The Morgan fingerprint density at radius 1 is 1.45 bits per heavy atom. The molecule has 0 bridgehead atoms. The second-order valence-corrected chi connectivity index (χ2v) is 4.11. The molecule has 2 heterocycles. The van der Waals surface area contributed by atoms with E-state index in [1.165, 1.54) is 21.8 Å². The first-order valence-electron chi connectivity index (χ1n) is 5.94. The summed E-state index contributed by atoms with van der Waals surface area (Å²) in [6.07, 6.45) is 2.74. The van der Waals surface area contributed by atoms with Crippen molar-refractivity contribution in [2.75, 3.05) is 6.61 Å². The van der Waals surface area contributed by atoms with E-state index >= 15 is 0 Å². The molecular weight excluding hydrogens is 264 g/mol. The zero-order chi connectivity index (χ0) is 14.9. The highest BCUT2D eigenvalue weighted by Crippen LogP contribution is 2.18. The van der Waals surface area contributed by atoms with Crippen molar-refractivity contribution in [3.05, 3.63) is 29.2 Å². The van der Waals surface area contributed by atoms with E-state index in [4.69, 9.17) is 4.74 Å². The van der Waals surface area contributed by atoms with Crippen molar-refractivity contribution in [1.29, 1.82) is 0 Å². The van der Waals surface area contributed by atoms with Crippen molar-refractivity contribution in [2.24, 2.45) is 7.05 Å². The van der Waals surface area contributed by atoms with E-state index in [2.05, 4.69) is 10.2 Å². The van der Waals surface area contributed by atoms with Gasteiger partial charge in [0.2, 0.25) is 0 Å². The molecule has 0 aliphatic carbocycles. The van der Waals surface area contributed by atoms with Crippen LogP contribution in [0.3, 0.4) is 0 Å². The number of carbonyl (C=O) groups is 2. The van der Waals surface area contributed by atoms with Gasteiger partial charge in [-0.1, -0.05) is 0 Å². The van der Waals surface area contributed by atoms with Gasteiger partial charge in [-0.15, -0.1) is 0 Å². The van der Waals surface area contributed by atoms with Crippen molar-refractivity contribution < 1.29 is 19.4 Å². The van der Waals surface area contributed by atoms with E-state index < -0.39 is 11.9 Å². The molecule has 2 aromatic heterocycles. The number of hydrogen-bond acceptors (Lipinski definition) is 5. The maximum atomic E-state index is 11.6. The van der Waals surface area contributed by atoms with Gasteiger partial charge in [-0.2, -0.15) is 10.2 Å². The average Bonchev–Trinajstić information content (AvgIpc) is 2.93. The van der Waals surface area contributed by atoms with Crippen LogP contribution in [0.15, 0.2) is 12.4 Å². The predicted molar refractivity (Wildman–Crippen MR) is 68.0 cm³/mol. The molecule has 0 amide bonds. The van der Waals surface area contributed by atoms with Crippen LogP contribution in [0.1, 0.15) is 33.3 Å². The summed E-state index contributed by atoms with van der Waals surface area (Å²) in [7, 11) is 1.61. The van der Waals surface area contributed by atoms with Gasteiger partial charge in [0.25, 0.3) is 0 Å². The van der Waals surface area contributed by atoms with Crippen LogP contribution in [0, 0.1) is 6.92 Å². The van der Waals surface area contributed by atoms with Crippen molar-refractivity contribution in [3.63, 3.8) is 0 Å². The van der Waals surface area contributed by atoms with Crippen molar-refractivity contribution in [1.82, 2.24) is 19.6 Å². The molecule has 0 aliphatic rings. The Morgan fingerprint density at radius 2 is 2.15 bits per heavy atom. The molecule has 2 aromatic rings. The lowest BCUT2D eigenvalue weighted by Gasteiger charge is -2.03. The number of nitrogens with zero attached hydrogens (tertiary/aromatic N) is 4. The standard InChI is InChI=1S/C12H14N4O4/c1-4-20-12(19)8-5-13-16(6-8)10-9(11(17)18)7(2)14-15(10)3/h5-6H,4H2,1-3H3,(H,17,18). The number of aromatic carboxylic acids is 1. The molecule has 0 radical (unpaired) electrons. The number of ether oxygens (including phenoxy) is 1. The molecule has 0 atom stereocenters. The highest BCUT2D eigenvalue weighted by Gasteiger charge is 2.22. The number of aryl methyl sites for hydroxylation is 2. The summed E-state index contributed by atoms with van der Waals surface area (Å²) in [5.74, 6) is -1.32. The zero-order valence-corrected chi connectivity index (χ0v) is 11.3. The number of carboxylic acid groups (broad SMARTS) is 1. The molecular formula is C12H14N4O4. The molecule has 8 heteroatoms. The van der Waals surface area contributed by atoms with Crippen molar-refractivity contribution in [2.45, 2.75) is 13.8 Å². The van der Waals surface area contributed by atoms with Crippen LogP contribution in [0.4, 0.5) is 0 Å². The second-order valence-electron chi connectivity index (χ2n) is 4.11. The molecule has 2 rings (SSSR count). The molecule has 0 unspecified atom stereocenters. The summed E-state index contributed by atoms with van der Waals surface area (Å²) in [6.45, 7) is 3.56. The van der Waals surface area contributed by atoms with Gasteiger partial charge in [-0.05, 0) is 13.8 Å². The Morgan fingerprint density at radius 3 is 2.75 bits per heavy atom. The third kappa shape index (κ3) is 2.27. The van der Waals surface area contributed by atoms with E-state index in [9.17, 15) is 14.7 Å². The third-order valence-electron chi connectivity index (χ3n) is 2.72. The quantitative estimate of drug-likeness (QED) is 0.830. The van der Waals surface area contributed by atoms with E-state index in [1.807, 2.05) is 0 Å². The lowest BCUT2D eigenvalue weighted by Crippen LogP contribution is -2.09. The van der Waals surface area contributed by atoms with Crippen molar-refractivity contribution in [3.8, 4) is 5.82 Å². The Balaban J connectivity index is 2.48. The minimum Gasteiger partial charge on any atom is -0.477 e. The highest BCUT2D eigenvalue weighted by atomic mass is 16.5. The largest absolute Gasteiger partial charge is 0.477 e. The van der Waals surface area contributed by atoms with E-state index in [-0.39, 0.29) is 23.6 Å². The first-order chi connectivity index (χ1) is 9.45. The van der Waals surface area contributed by atoms with Crippen LogP contribution in [-0.4, -0.2) is 43.2 Å². The van der Waals surface area contributed by atoms with Crippen molar-refractivity contribution >= 4 is 11.9 Å². The molecule has 0 aliphatic heterocycles. The molecule has 0 spiro atoms. The Kier molecular flexibility index (Phi) is 3.55. The number of aromatic nitrogens is 4. The summed E-state index contributed by atoms with van der Waals surface area (Å²) in [5, 5.41) is 17.3. The minimum absolute atomic E-state index is 0.0472. The lowest BCUT2D eigenvalue weighted by atomic mass is 10.2. The topological polar surface area (TPSA) is 99.2 Å². The minimum atomic E-state index is -1.10. The monoisotopic (exact) mass is 278 g/mol. The number of carboxylic acids is 1. The van der Waals surface area contributed by atoms with Crippen LogP contribution in [-0.2, 0) is 11.8 Å². The molecule has 0 fully saturated rings. The number of esters is 1. The van der Waals surface area contributed by atoms with Crippen LogP contribution in [0.25, 0.3) is 5.82 Å². The molecule has 0 saturated heterocycles. The maximum Gasteiger partial charge on any atom is 0.341 e. The van der Waals surface area contributed by atoms with Crippen LogP contribution < -0.4 is 0 Å². The number of hydrogen-bond donors (Lipinski definition) is 1. The maximum absolute atomic E-state index is 11.6. The Labute approximate surface area is 114 Å². The van der Waals surface area contributed by atoms with Gasteiger partial charge in [-0.25, -0.2) is 19.0 Å². The van der Waals surface area contributed by atoms with Gasteiger partial charge in [0.1, 0.15) is 5.56 Å². The molecule has 1 N–H and O–H groups in total. The van der Waals surface area contributed by atoms with E-state index in [1.54, 1.807) is 20.9 Å². The summed E-state index contributed by atoms with van der Waals surface area (Å²) < 4.78 is 7.56. The zero-order valence-electron chi connectivity index (χ0n) is 11.3.